The molecule has 3 aromatic heterocycles. The summed E-state index contributed by atoms with van der Waals surface area (Å²) in [5.41, 5.74) is 3.63. The summed E-state index contributed by atoms with van der Waals surface area (Å²) in [4.78, 5) is 12.8. The van der Waals surface area contributed by atoms with Crippen LogP contribution in [0.2, 0.25) is 5.15 Å². The molecular weight excluding hydrogens is 372 g/mol. The molecule has 2 aliphatic rings. The molecule has 1 saturated carbocycles. The van der Waals surface area contributed by atoms with Gasteiger partial charge >= 0.3 is 0 Å². The zero-order valence-electron chi connectivity index (χ0n) is 15.3. The van der Waals surface area contributed by atoms with E-state index in [-0.39, 0.29) is 0 Å². The molecule has 0 bridgehead atoms. The lowest BCUT2D eigenvalue weighted by Crippen LogP contribution is -2.21. The fourth-order valence-electron chi connectivity index (χ4n) is 4.97. The second kappa shape index (κ2) is 6.22. The Kier molecular flexibility index (Phi) is 3.64. The Hall–Kier alpha value is -2.57. The highest BCUT2D eigenvalue weighted by Crippen LogP contribution is 2.38. The number of imidazole rings is 1. The van der Waals surface area contributed by atoms with Crippen LogP contribution in [0.5, 0.6) is 0 Å². The Balaban J connectivity index is 1.45. The number of hydrogen-bond acceptors (Lipinski definition) is 4. The predicted octanol–water partition coefficient (Wildman–Crippen LogP) is 3.94. The SMILES string of the molecule is Clc1c(-c2c[nH]c3ccccc23)nc(NC2CC3CNCC3C2)c2nccn12. The molecule has 2 unspecified atom stereocenters. The van der Waals surface area contributed by atoms with Crippen LogP contribution in [0.15, 0.2) is 42.9 Å². The molecule has 6 nitrogen and oxygen atoms in total. The number of fused-ring (bicyclic) bond motifs is 3. The summed E-state index contributed by atoms with van der Waals surface area (Å²) >= 11 is 6.75. The summed E-state index contributed by atoms with van der Waals surface area (Å²) in [6, 6.07) is 8.65. The Morgan fingerprint density at radius 1 is 1.14 bits per heavy atom. The van der Waals surface area contributed by atoms with E-state index in [4.69, 9.17) is 16.6 Å². The van der Waals surface area contributed by atoms with Crippen LogP contribution in [-0.4, -0.2) is 38.5 Å². The molecule has 28 heavy (non-hydrogen) atoms. The lowest BCUT2D eigenvalue weighted by Gasteiger charge is -2.17. The molecule has 6 rings (SSSR count). The first kappa shape index (κ1) is 16.4. The number of anilines is 1. The van der Waals surface area contributed by atoms with Crippen LogP contribution in [0.25, 0.3) is 27.8 Å². The summed E-state index contributed by atoms with van der Waals surface area (Å²) in [5.74, 6) is 2.36. The average Bonchev–Trinajstić information content (AvgIpc) is 3.46. The molecule has 2 fully saturated rings. The van der Waals surface area contributed by atoms with E-state index >= 15 is 0 Å². The fourth-order valence-corrected chi connectivity index (χ4v) is 5.25. The predicted molar refractivity (Wildman–Crippen MR) is 112 cm³/mol. The number of nitrogens with zero attached hydrogens (tertiary/aromatic N) is 3. The zero-order valence-corrected chi connectivity index (χ0v) is 16.1. The molecule has 2 atom stereocenters. The number of aromatic nitrogens is 4. The van der Waals surface area contributed by atoms with Crippen molar-refractivity contribution in [1.29, 1.82) is 0 Å². The van der Waals surface area contributed by atoms with Gasteiger partial charge in [-0.15, -0.1) is 0 Å². The van der Waals surface area contributed by atoms with E-state index in [1.165, 1.54) is 12.8 Å². The number of para-hydroxylation sites is 1. The number of aromatic amines is 1. The van der Waals surface area contributed by atoms with Gasteiger partial charge in [-0.1, -0.05) is 29.8 Å². The maximum absolute atomic E-state index is 6.75. The molecule has 3 N–H and O–H groups in total. The molecule has 7 heteroatoms. The molecule has 142 valence electrons. The molecule has 1 aliphatic carbocycles. The summed E-state index contributed by atoms with van der Waals surface area (Å²) < 4.78 is 1.92. The van der Waals surface area contributed by atoms with Crippen LogP contribution >= 0.6 is 11.6 Å². The van der Waals surface area contributed by atoms with Crippen molar-refractivity contribution in [3.8, 4) is 11.3 Å². The standard InChI is InChI=1S/C21H21ClN6/c22-19-18(16-11-25-17-4-2-1-3-15(16)17)27-20(21-24-5-6-28(19)21)26-14-7-12-9-23-10-13(12)8-14/h1-6,11-14,23,25H,7-10H2,(H,26,27). The van der Waals surface area contributed by atoms with Crippen LogP contribution in [0, 0.1) is 11.8 Å². The maximum atomic E-state index is 6.75. The Morgan fingerprint density at radius 3 is 2.82 bits per heavy atom. The first-order chi connectivity index (χ1) is 13.8. The van der Waals surface area contributed by atoms with Gasteiger partial charge < -0.3 is 15.6 Å². The first-order valence-electron chi connectivity index (χ1n) is 9.84. The highest BCUT2D eigenvalue weighted by molar-refractivity contribution is 6.32. The number of halogens is 1. The highest BCUT2D eigenvalue weighted by Gasteiger charge is 2.37. The minimum atomic E-state index is 0.432. The van der Waals surface area contributed by atoms with Crippen molar-refractivity contribution in [3.05, 3.63) is 48.0 Å². The minimum absolute atomic E-state index is 0.432. The monoisotopic (exact) mass is 392 g/mol. The van der Waals surface area contributed by atoms with Gasteiger partial charge in [-0.25, -0.2) is 9.97 Å². The average molecular weight is 393 g/mol. The van der Waals surface area contributed by atoms with Crippen molar-refractivity contribution in [2.24, 2.45) is 11.8 Å². The van der Waals surface area contributed by atoms with Gasteiger partial charge in [0, 0.05) is 41.1 Å². The zero-order chi connectivity index (χ0) is 18.7. The van der Waals surface area contributed by atoms with Gasteiger partial charge in [0.1, 0.15) is 10.8 Å². The second-order valence-electron chi connectivity index (χ2n) is 7.96. The van der Waals surface area contributed by atoms with Gasteiger partial charge in [0.25, 0.3) is 0 Å². The largest absolute Gasteiger partial charge is 0.364 e. The quantitative estimate of drug-likeness (QED) is 0.494. The van der Waals surface area contributed by atoms with Crippen LogP contribution in [0.1, 0.15) is 12.8 Å². The van der Waals surface area contributed by atoms with Gasteiger partial charge in [0.2, 0.25) is 0 Å². The van der Waals surface area contributed by atoms with Crippen molar-refractivity contribution in [3.63, 3.8) is 0 Å². The van der Waals surface area contributed by atoms with Crippen molar-refractivity contribution in [1.82, 2.24) is 24.7 Å². The molecule has 0 radical (unpaired) electrons. The van der Waals surface area contributed by atoms with Crippen LogP contribution in [-0.2, 0) is 0 Å². The number of nitrogens with one attached hydrogen (secondary N) is 3. The lowest BCUT2D eigenvalue weighted by atomic mass is 10.0. The van der Waals surface area contributed by atoms with Gasteiger partial charge in [-0.2, -0.15) is 0 Å². The molecule has 0 amide bonds. The molecule has 1 aliphatic heterocycles. The molecule has 0 spiro atoms. The van der Waals surface area contributed by atoms with E-state index in [1.807, 2.05) is 28.9 Å². The van der Waals surface area contributed by atoms with Crippen LogP contribution in [0.3, 0.4) is 0 Å². The van der Waals surface area contributed by atoms with Crippen molar-refractivity contribution >= 4 is 34.0 Å². The molecular formula is C21H21ClN6. The third-order valence-electron chi connectivity index (χ3n) is 6.32. The lowest BCUT2D eigenvalue weighted by molar-refractivity contribution is 0.494. The Bertz CT molecular complexity index is 1170. The highest BCUT2D eigenvalue weighted by atomic mass is 35.5. The fraction of sp³-hybridized carbons (Fsp3) is 0.333. The van der Waals surface area contributed by atoms with Crippen LogP contribution < -0.4 is 10.6 Å². The van der Waals surface area contributed by atoms with Crippen LogP contribution in [0.4, 0.5) is 5.82 Å². The number of benzene rings is 1. The molecule has 1 aromatic carbocycles. The molecule has 1 saturated heterocycles. The van der Waals surface area contributed by atoms with Gasteiger partial charge in [0.05, 0.1) is 0 Å². The van der Waals surface area contributed by atoms with Gasteiger partial charge in [0.15, 0.2) is 11.5 Å². The van der Waals surface area contributed by atoms with E-state index in [2.05, 4.69) is 32.7 Å². The van der Waals surface area contributed by atoms with E-state index in [0.717, 1.165) is 58.6 Å². The Morgan fingerprint density at radius 2 is 1.96 bits per heavy atom. The van der Waals surface area contributed by atoms with Gasteiger partial charge in [-0.3, -0.25) is 4.40 Å². The maximum Gasteiger partial charge on any atom is 0.181 e. The van der Waals surface area contributed by atoms with Crippen molar-refractivity contribution in [2.45, 2.75) is 18.9 Å². The molecule has 4 heterocycles. The van der Waals surface area contributed by atoms with E-state index in [9.17, 15) is 0 Å². The van der Waals surface area contributed by atoms with Crippen molar-refractivity contribution in [2.75, 3.05) is 18.4 Å². The second-order valence-corrected chi connectivity index (χ2v) is 8.32. The first-order valence-corrected chi connectivity index (χ1v) is 10.2. The smallest absolute Gasteiger partial charge is 0.181 e. The van der Waals surface area contributed by atoms with E-state index in [1.54, 1.807) is 6.20 Å². The third kappa shape index (κ3) is 2.45. The van der Waals surface area contributed by atoms with Crippen molar-refractivity contribution < 1.29 is 0 Å². The summed E-state index contributed by atoms with van der Waals surface area (Å²) in [5, 5.41) is 8.88. The number of rotatable bonds is 3. The van der Waals surface area contributed by atoms with E-state index < -0.39 is 0 Å². The third-order valence-corrected chi connectivity index (χ3v) is 6.68. The number of H-pyrrole nitrogens is 1. The Labute approximate surface area is 167 Å². The van der Waals surface area contributed by atoms with Gasteiger partial charge in [-0.05, 0) is 43.8 Å². The summed E-state index contributed by atoms with van der Waals surface area (Å²) in [7, 11) is 0. The normalized spacial score (nSPS) is 24.2. The summed E-state index contributed by atoms with van der Waals surface area (Å²) in [6.07, 6.45) is 8.02. The topological polar surface area (TPSA) is 70.0 Å². The van der Waals surface area contributed by atoms with E-state index in [0.29, 0.717) is 11.2 Å². The minimum Gasteiger partial charge on any atom is -0.364 e. The molecule has 4 aromatic rings. The summed E-state index contributed by atoms with van der Waals surface area (Å²) in [6.45, 7) is 2.27. The number of hydrogen-bond donors (Lipinski definition) is 3.